The first-order valence-electron chi connectivity index (χ1n) is 8.51. The van der Waals surface area contributed by atoms with Crippen LogP contribution >= 0.6 is 0 Å². The fourth-order valence-corrected chi connectivity index (χ4v) is 2.65. The van der Waals surface area contributed by atoms with Gasteiger partial charge < -0.3 is 15.2 Å². The Morgan fingerprint density at radius 3 is 2.71 bits per heavy atom. The zero-order valence-electron chi connectivity index (χ0n) is 14.1. The van der Waals surface area contributed by atoms with Crippen molar-refractivity contribution in [3.8, 4) is 0 Å². The summed E-state index contributed by atoms with van der Waals surface area (Å²) in [5.74, 6) is -0.429. The molecule has 0 saturated carbocycles. The number of rotatable bonds is 6. The number of hydrogen-bond donors (Lipinski definition) is 1. The van der Waals surface area contributed by atoms with Crippen molar-refractivity contribution in [2.75, 3.05) is 13.2 Å². The Morgan fingerprint density at radius 1 is 1.25 bits per heavy atom. The first kappa shape index (κ1) is 18.3. The van der Waals surface area contributed by atoms with E-state index in [1.165, 1.54) is 4.90 Å². The fraction of sp³-hybridized carbons (Fsp3) is 0.556. The van der Waals surface area contributed by atoms with Gasteiger partial charge in [0, 0.05) is 12.6 Å². The molecule has 1 heterocycles. The smallest absolute Gasteiger partial charge is 0.410 e. The van der Waals surface area contributed by atoms with Crippen LogP contribution in [0, 0.1) is 0 Å². The molecular weight excluding hydrogens is 308 g/mol. The highest BCUT2D eigenvalue weighted by molar-refractivity contribution is 5.81. The summed E-state index contributed by atoms with van der Waals surface area (Å²) in [6.45, 7) is 2.99. The van der Waals surface area contributed by atoms with Gasteiger partial charge in [0.25, 0.3) is 0 Å². The molecule has 2 rings (SSSR count). The number of unbranched alkanes of at least 4 members (excludes halogenated alkanes) is 1. The predicted molar refractivity (Wildman–Crippen MR) is 90.2 cm³/mol. The summed E-state index contributed by atoms with van der Waals surface area (Å²) in [6, 6.07) is 8.66. The Kier molecular flexibility index (Phi) is 7.06. The van der Waals surface area contributed by atoms with E-state index in [1.807, 2.05) is 37.3 Å². The summed E-state index contributed by atoms with van der Waals surface area (Å²) >= 11 is 0. The Balaban J connectivity index is 1.94. The van der Waals surface area contributed by atoms with Crippen LogP contribution in [-0.4, -0.2) is 42.2 Å². The van der Waals surface area contributed by atoms with Gasteiger partial charge in [0.15, 0.2) is 0 Å². The van der Waals surface area contributed by atoms with Crippen molar-refractivity contribution >= 4 is 12.1 Å². The van der Waals surface area contributed by atoms with Crippen LogP contribution in [-0.2, 0) is 20.9 Å². The molecule has 0 aromatic heterocycles. The van der Waals surface area contributed by atoms with Crippen molar-refractivity contribution in [1.29, 1.82) is 0 Å². The van der Waals surface area contributed by atoms with E-state index in [1.54, 1.807) is 0 Å². The average Bonchev–Trinajstić information content (AvgIpc) is 2.60. The summed E-state index contributed by atoms with van der Waals surface area (Å²) in [4.78, 5) is 26.1. The number of ether oxygens (including phenoxy) is 2. The number of amides is 1. The normalized spacial score (nSPS) is 20.5. The number of piperidine rings is 1. The zero-order valence-corrected chi connectivity index (χ0v) is 14.1. The molecule has 0 radical (unpaired) electrons. The van der Waals surface area contributed by atoms with Crippen molar-refractivity contribution in [2.24, 2.45) is 5.73 Å². The second-order valence-corrected chi connectivity index (χ2v) is 6.05. The Hall–Kier alpha value is -2.08. The SMILES string of the molecule is CCCCOC(=O)N1CCC(N)CC1C(=O)OCc1ccccc1. The number of esters is 1. The fourth-order valence-electron chi connectivity index (χ4n) is 2.65. The lowest BCUT2D eigenvalue weighted by Crippen LogP contribution is -2.53. The highest BCUT2D eigenvalue weighted by atomic mass is 16.6. The number of nitrogens with zero attached hydrogens (tertiary/aromatic N) is 1. The summed E-state index contributed by atoms with van der Waals surface area (Å²) < 4.78 is 10.6. The lowest BCUT2D eigenvalue weighted by molar-refractivity contribution is -0.152. The van der Waals surface area contributed by atoms with E-state index in [9.17, 15) is 9.59 Å². The van der Waals surface area contributed by atoms with Gasteiger partial charge in [-0.25, -0.2) is 9.59 Å². The molecule has 1 saturated heterocycles. The molecule has 1 aliphatic rings. The molecule has 6 nitrogen and oxygen atoms in total. The predicted octanol–water partition coefficient (Wildman–Crippen LogP) is 2.46. The summed E-state index contributed by atoms with van der Waals surface area (Å²) in [7, 11) is 0. The number of carbonyl (C=O) groups is 2. The third kappa shape index (κ3) is 5.23. The van der Waals surface area contributed by atoms with Crippen molar-refractivity contribution < 1.29 is 19.1 Å². The number of nitrogens with two attached hydrogens (primary N) is 1. The largest absolute Gasteiger partial charge is 0.459 e. The van der Waals surface area contributed by atoms with Gasteiger partial charge in [0.1, 0.15) is 12.6 Å². The Morgan fingerprint density at radius 2 is 2.00 bits per heavy atom. The Labute approximate surface area is 142 Å². The molecule has 1 amide bonds. The summed E-state index contributed by atoms with van der Waals surface area (Å²) in [6.07, 6.45) is 2.35. The van der Waals surface area contributed by atoms with Crippen LogP contribution in [0.15, 0.2) is 30.3 Å². The summed E-state index contributed by atoms with van der Waals surface area (Å²) in [5, 5.41) is 0. The van der Waals surface area contributed by atoms with E-state index in [2.05, 4.69) is 0 Å². The maximum atomic E-state index is 12.4. The molecule has 0 aliphatic carbocycles. The first-order valence-corrected chi connectivity index (χ1v) is 8.51. The third-order valence-corrected chi connectivity index (χ3v) is 4.10. The van der Waals surface area contributed by atoms with Crippen LogP contribution < -0.4 is 5.73 Å². The van der Waals surface area contributed by atoms with E-state index in [4.69, 9.17) is 15.2 Å². The van der Waals surface area contributed by atoms with Gasteiger partial charge >= 0.3 is 12.1 Å². The number of carbonyl (C=O) groups excluding carboxylic acids is 2. The van der Waals surface area contributed by atoms with Crippen LogP contribution in [0.2, 0.25) is 0 Å². The maximum absolute atomic E-state index is 12.4. The van der Waals surface area contributed by atoms with E-state index >= 15 is 0 Å². The maximum Gasteiger partial charge on any atom is 0.410 e. The lowest BCUT2D eigenvalue weighted by atomic mass is 9.98. The average molecular weight is 334 g/mol. The molecule has 2 unspecified atom stereocenters. The van der Waals surface area contributed by atoms with Crippen LogP contribution in [0.25, 0.3) is 0 Å². The Bertz CT molecular complexity index is 535. The second-order valence-electron chi connectivity index (χ2n) is 6.05. The summed E-state index contributed by atoms with van der Waals surface area (Å²) in [5.41, 5.74) is 6.87. The molecule has 6 heteroatoms. The minimum absolute atomic E-state index is 0.112. The molecule has 1 aromatic rings. The van der Waals surface area contributed by atoms with Crippen molar-refractivity contribution in [2.45, 2.75) is 51.3 Å². The van der Waals surface area contributed by atoms with Crippen molar-refractivity contribution in [1.82, 2.24) is 4.90 Å². The molecule has 1 fully saturated rings. The lowest BCUT2D eigenvalue weighted by Gasteiger charge is -2.35. The van der Waals surface area contributed by atoms with Crippen LogP contribution in [0.1, 0.15) is 38.2 Å². The van der Waals surface area contributed by atoms with Gasteiger partial charge in [-0.15, -0.1) is 0 Å². The number of benzene rings is 1. The highest BCUT2D eigenvalue weighted by Crippen LogP contribution is 2.19. The second kappa shape index (κ2) is 9.27. The van der Waals surface area contributed by atoms with Crippen LogP contribution in [0.3, 0.4) is 0 Å². The highest BCUT2D eigenvalue weighted by Gasteiger charge is 2.37. The number of hydrogen-bond acceptors (Lipinski definition) is 5. The first-order chi connectivity index (χ1) is 11.6. The van der Waals surface area contributed by atoms with E-state index in [0.29, 0.717) is 26.0 Å². The molecule has 1 aromatic carbocycles. The van der Waals surface area contributed by atoms with E-state index < -0.39 is 18.1 Å². The molecule has 0 spiro atoms. The monoisotopic (exact) mass is 334 g/mol. The molecule has 1 aliphatic heterocycles. The van der Waals surface area contributed by atoms with Gasteiger partial charge in [-0.3, -0.25) is 4.90 Å². The van der Waals surface area contributed by atoms with Gasteiger partial charge in [0.05, 0.1) is 6.61 Å². The van der Waals surface area contributed by atoms with E-state index in [0.717, 1.165) is 18.4 Å². The quantitative estimate of drug-likeness (QED) is 0.638. The molecule has 132 valence electrons. The van der Waals surface area contributed by atoms with E-state index in [-0.39, 0.29) is 12.6 Å². The molecular formula is C18H26N2O4. The van der Waals surface area contributed by atoms with Gasteiger partial charge in [-0.1, -0.05) is 43.7 Å². The molecule has 0 bridgehead atoms. The standard InChI is InChI=1S/C18H26N2O4/c1-2-3-11-23-18(22)20-10-9-15(19)12-16(20)17(21)24-13-14-7-5-4-6-8-14/h4-8,15-16H,2-3,9-13,19H2,1H3. The van der Waals surface area contributed by atoms with Gasteiger partial charge in [-0.05, 0) is 24.8 Å². The molecule has 24 heavy (non-hydrogen) atoms. The van der Waals surface area contributed by atoms with Crippen molar-refractivity contribution in [3.63, 3.8) is 0 Å². The van der Waals surface area contributed by atoms with Gasteiger partial charge in [0.2, 0.25) is 0 Å². The minimum atomic E-state index is -0.674. The van der Waals surface area contributed by atoms with Gasteiger partial charge in [-0.2, -0.15) is 0 Å². The van der Waals surface area contributed by atoms with Crippen molar-refractivity contribution in [3.05, 3.63) is 35.9 Å². The molecule has 2 N–H and O–H groups in total. The zero-order chi connectivity index (χ0) is 17.4. The topological polar surface area (TPSA) is 81.9 Å². The minimum Gasteiger partial charge on any atom is -0.459 e. The number of likely N-dealkylation sites (tertiary alicyclic amines) is 1. The molecule has 2 atom stereocenters. The van der Waals surface area contributed by atoms with Crippen LogP contribution in [0.5, 0.6) is 0 Å². The third-order valence-electron chi connectivity index (χ3n) is 4.10. The van der Waals surface area contributed by atoms with Crippen LogP contribution in [0.4, 0.5) is 4.79 Å².